The number of carbonyl (C=O) groups excluding carboxylic acids is 2. The Morgan fingerprint density at radius 2 is 1.84 bits per heavy atom. The Kier molecular flexibility index (Phi) is 7.45. The molecule has 1 aliphatic heterocycles. The SMILES string of the molecule is C[C@@H]1CN(/C(=N/N)N(N)c2ccccc2)C[C@H](C)N1C(=O)C(=O)c1c[nH]c2c(N(N)/C=C\N)ncc(F)c12. The molecular weight excluding hydrogens is 493 g/mol. The molecule has 1 saturated heterocycles. The lowest BCUT2D eigenvalue weighted by molar-refractivity contribution is -0.133. The first-order valence-corrected chi connectivity index (χ1v) is 11.8. The number of amides is 1. The Morgan fingerprint density at radius 1 is 1.18 bits per heavy atom. The Bertz CT molecular complexity index is 1380. The molecule has 1 aromatic carbocycles. The van der Waals surface area contributed by atoms with Gasteiger partial charge in [-0.15, -0.1) is 5.10 Å². The maximum atomic E-state index is 14.8. The van der Waals surface area contributed by atoms with Crippen LogP contribution in [0.2, 0.25) is 0 Å². The number of nitrogens with two attached hydrogens (primary N) is 4. The number of hydrogen-bond acceptors (Lipinski definition) is 9. The number of guanidine groups is 1. The lowest BCUT2D eigenvalue weighted by atomic mass is 10.0. The summed E-state index contributed by atoms with van der Waals surface area (Å²) >= 11 is 0. The van der Waals surface area contributed by atoms with E-state index in [1.807, 2.05) is 35.2 Å². The molecular formula is C24H30FN11O2. The van der Waals surface area contributed by atoms with Gasteiger partial charge in [0.2, 0.25) is 5.96 Å². The van der Waals surface area contributed by atoms with Crippen molar-refractivity contribution in [2.45, 2.75) is 25.9 Å². The van der Waals surface area contributed by atoms with Gasteiger partial charge in [-0.2, -0.15) is 0 Å². The standard InChI is InChI=1S/C24H30FN11O2/c1-14-12-33(24(32-27)36(29)16-6-4-3-5-7-16)13-15(2)35(14)23(38)21(37)17-10-30-20-19(17)18(25)11-31-22(20)34(28)9-8-26/h3-11,14-15,30H,12-13,26-29H2,1-2H3/b9-8-,32-24-/t14-,15+. The van der Waals surface area contributed by atoms with E-state index < -0.39 is 29.6 Å². The predicted molar refractivity (Wildman–Crippen MR) is 142 cm³/mol. The van der Waals surface area contributed by atoms with Gasteiger partial charge in [-0.3, -0.25) is 14.6 Å². The van der Waals surface area contributed by atoms with E-state index in [1.54, 1.807) is 13.8 Å². The third kappa shape index (κ3) is 4.69. The monoisotopic (exact) mass is 523 g/mol. The average Bonchev–Trinajstić information content (AvgIpc) is 3.35. The van der Waals surface area contributed by atoms with Crippen molar-refractivity contribution in [2.75, 3.05) is 23.1 Å². The number of pyridine rings is 1. The number of hydrazone groups is 1. The number of nitrogens with one attached hydrogen (secondary N) is 1. The minimum Gasteiger partial charge on any atom is -0.403 e. The summed E-state index contributed by atoms with van der Waals surface area (Å²) in [6, 6.07) is 8.33. The maximum Gasteiger partial charge on any atom is 0.295 e. The lowest BCUT2D eigenvalue weighted by Crippen LogP contribution is -2.63. The second-order valence-electron chi connectivity index (χ2n) is 8.91. The zero-order valence-electron chi connectivity index (χ0n) is 21.0. The largest absolute Gasteiger partial charge is 0.403 e. The van der Waals surface area contributed by atoms with Gasteiger partial charge in [0.05, 0.1) is 28.4 Å². The normalized spacial score (nSPS) is 18.3. The van der Waals surface area contributed by atoms with Crippen molar-refractivity contribution in [3.63, 3.8) is 0 Å². The molecule has 13 nitrogen and oxygen atoms in total. The highest BCUT2D eigenvalue weighted by Gasteiger charge is 2.39. The van der Waals surface area contributed by atoms with Gasteiger partial charge < -0.3 is 26.4 Å². The van der Waals surface area contributed by atoms with Crippen molar-refractivity contribution in [1.82, 2.24) is 19.8 Å². The number of Topliss-reactive ketones (excluding diaryl/α,β-unsaturated/α-hetero) is 1. The number of anilines is 2. The molecule has 0 aliphatic carbocycles. The predicted octanol–water partition coefficient (Wildman–Crippen LogP) is 0.526. The fraction of sp³-hybridized carbons (Fsp3) is 0.250. The Hall–Kier alpha value is -4.69. The van der Waals surface area contributed by atoms with Crippen LogP contribution < -0.4 is 33.3 Å². The third-order valence-electron chi connectivity index (χ3n) is 6.37. The second-order valence-corrected chi connectivity index (χ2v) is 8.91. The van der Waals surface area contributed by atoms with Crippen molar-refractivity contribution in [1.29, 1.82) is 0 Å². The van der Waals surface area contributed by atoms with Gasteiger partial charge in [0.15, 0.2) is 11.6 Å². The summed E-state index contributed by atoms with van der Waals surface area (Å²) in [5, 5.41) is 6.22. The molecule has 2 aromatic heterocycles. The number of aromatic amines is 1. The second kappa shape index (κ2) is 10.7. The van der Waals surface area contributed by atoms with Crippen LogP contribution in [0.15, 0.2) is 60.2 Å². The van der Waals surface area contributed by atoms with Crippen LogP contribution in [0.3, 0.4) is 0 Å². The molecule has 200 valence electrons. The number of carbonyl (C=O) groups is 2. The molecule has 3 aromatic rings. The minimum atomic E-state index is -0.866. The molecule has 3 heterocycles. The summed E-state index contributed by atoms with van der Waals surface area (Å²) in [6.07, 6.45) is 4.70. The molecule has 1 aliphatic rings. The van der Waals surface area contributed by atoms with Crippen molar-refractivity contribution >= 4 is 40.1 Å². The highest BCUT2D eigenvalue weighted by atomic mass is 19.1. The fourth-order valence-electron chi connectivity index (χ4n) is 4.75. The van der Waals surface area contributed by atoms with Gasteiger partial charge in [0.1, 0.15) is 0 Å². The zero-order valence-corrected chi connectivity index (χ0v) is 21.0. The molecule has 1 amide bonds. The van der Waals surface area contributed by atoms with Crippen LogP contribution in [0.25, 0.3) is 10.9 Å². The Labute approximate surface area is 218 Å². The van der Waals surface area contributed by atoms with Gasteiger partial charge >= 0.3 is 0 Å². The van der Waals surface area contributed by atoms with Gasteiger partial charge in [0, 0.05) is 43.8 Å². The summed E-state index contributed by atoms with van der Waals surface area (Å²) < 4.78 is 14.8. The van der Waals surface area contributed by atoms with Crippen molar-refractivity contribution in [2.24, 2.45) is 28.4 Å². The molecule has 38 heavy (non-hydrogen) atoms. The van der Waals surface area contributed by atoms with Crippen LogP contribution in [0.5, 0.6) is 0 Å². The molecule has 14 heteroatoms. The Morgan fingerprint density at radius 3 is 2.45 bits per heavy atom. The number of hydrazine groups is 2. The highest BCUT2D eigenvalue weighted by Crippen LogP contribution is 2.29. The number of ketones is 1. The number of piperazine rings is 1. The number of nitrogens with zero attached hydrogens (tertiary/aromatic N) is 6. The molecule has 4 rings (SSSR count). The molecule has 9 N–H and O–H groups in total. The van der Waals surface area contributed by atoms with Crippen molar-refractivity contribution in [3.05, 3.63) is 66.5 Å². The molecule has 2 atom stereocenters. The summed E-state index contributed by atoms with van der Waals surface area (Å²) in [5.74, 6) is 15.9. The van der Waals surface area contributed by atoms with E-state index in [0.29, 0.717) is 24.7 Å². The van der Waals surface area contributed by atoms with E-state index >= 15 is 0 Å². The maximum absolute atomic E-state index is 14.8. The number of aromatic nitrogens is 2. The van der Waals surface area contributed by atoms with Crippen LogP contribution in [-0.4, -0.2) is 62.6 Å². The number of halogens is 1. The van der Waals surface area contributed by atoms with Crippen LogP contribution in [0.4, 0.5) is 15.9 Å². The Balaban J connectivity index is 1.57. The molecule has 0 spiro atoms. The first kappa shape index (κ1) is 26.4. The summed E-state index contributed by atoms with van der Waals surface area (Å²) in [7, 11) is 0. The number of H-pyrrole nitrogens is 1. The summed E-state index contributed by atoms with van der Waals surface area (Å²) in [6.45, 7) is 4.22. The van der Waals surface area contributed by atoms with Crippen molar-refractivity contribution < 1.29 is 14.0 Å². The zero-order chi connectivity index (χ0) is 27.6. The van der Waals surface area contributed by atoms with Crippen molar-refractivity contribution in [3.8, 4) is 0 Å². The third-order valence-corrected chi connectivity index (χ3v) is 6.37. The van der Waals surface area contributed by atoms with E-state index in [0.717, 1.165) is 11.2 Å². The van der Waals surface area contributed by atoms with Gasteiger partial charge in [0.25, 0.3) is 11.7 Å². The molecule has 1 fully saturated rings. The summed E-state index contributed by atoms with van der Waals surface area (Å²) in [5.41, 5.74) is 6.09. The fourth-order valence-corrected chi connectivity index (χ4v) is 4.75. The number of para-hydroxylation sites is 1. The first-order chi connectivity index (χ1) is 18.2. The topological polar surface area (TPSA) is 192 Å². The van der Waals surface area contributed by atoms with E-state index in [9.17, 15) is 14.0 Å². The van der Waals surface area contributed by atoms with E-state index in [1.165, 1.54) is 28.5 Å². The van der Waals surface area contributed by atoms with E-state index in [2.05, 4.69) is 15.1 Å². The van der Waals surface area contributed by atoms with E-state index in [-0.39, 0.29) is 22.3 Å². The molecule has 0 radical (unpaired) electrons. The highest BCUT2D eigenvalue weighted by molar-refractivity contribution is 6.45. The number of rotatable bonds is 5. The van der Waals surface area contributed by atoms with Crippen LogP contribution in [0, 0.1) is 5.82 Å². The lowest BCUT2D eigenvalue weighted by Gasteiger charge is -2.45. The van der Waals surface area contributed by atoms with Gasteiger partial charge in [-0.05, 0) is 26.0 Å². The molecule has 0 bridgehead atoms. The van der Waals surface area contributed by atoms with Crippen LogP contribution in [-0.2, 0) is 4.79 Å². The number of hydrogen-bond donors (Lipinski definition) is 5. The first-order valence-electron chi connectivity index (χ1n) is 11.8. The average molecular weight is 524 g/mol. The quantitative estimate of drug-likeness (QED) is 0.0786. The smallest absolute Gasteiger partial charge is 0.295 e. The number of fused-ring (bicyclic) bond motifs is 1. The van der Waals surface area contributed by atoms with E-state index in [4.69, 9.17) is 23.3 Å². The van der Waals surface area contributed by atoms with Crippen LogP contribution in [0.1, 0.15) is 24.2 Å². The van der Waals surface area contributed by atoms with Gasteiger partial charge in [-0.1, -0.05) is 18.2 Å². The van der Waals surface area contributed by atoms with Crippen LogP contribution >= 0.6 is 0 Å². The molecule has 0 unspecified atom stereocenters. The minimum absolute atomic E-state index is 0.0904. The number of benzene rings is 1. The van der Waals surface area contributed by atoms with Gasteiger partial charge in [-0.25, -0.2) is 26.1 Å². The summed E-state index contributed by atoms with van der Waals surface area (Å²) in [4.78, 5) is 36.9. The molecule has 0 saturated carbocycles.